The molecule has 2 nitrogen and oxygen atoms in total. The number of rotatable bonds is 3. The van der Waals surface area contributed by atoms with Crippen molar-refractivity contribution in [3.63, 3.8) is 0 Å². The van der Waals surface area contributed by atoms with Gasteiger partial charge in [-0.2, -0.15) is 0 Å². The Morgan fingerprint density at radius 2 is 2.06 bits per heavy atom. The Hall–Kier alpha value is -1.02. The maximum atomic E-state index is 6.15. The SMILES string of the molecule is NC1CCCc2ccc(OCC3CCC3)cc21. The largest absolute Gasteiger partial charge is 0.493 e. The number of ether oxygens (including phenoxy) is 1. The standard InChI is InChI=1S/C15H21NO/c16-15-6-2-5-12-7-8-13(9-14(12)15)17-10-11-3-1-4-11/h7-9,11,15H,1-6,10,16H2. The van der Waals surface area contributed by atoms with Gasteiger partial charge in [0.15, 0.2) is 0 Å². The third-order valence-corrected chi connectivity index (χ3v) is 4.19. The van der Waals surface area contributed by atoms with E-state index in [9.17, 15) is 0 Å². The smallest absolute Gasteiger partial charge is 0.119 e. The molecule has 2 N–H and O–H groups in total. The third-order valence-electron chi connectivity index (χ3n) is 4.19. The lowest BCUT2D eigenvalue weighted by molar-refractivity contribution is 0.180. The van der Waals surface area contributed by atoms with Crippen LogP contribution in [0.4, 0.5) is 0 Å². The number of aryl methyl sites for hydroxylation is 1. The fourth-order valence-electron chi connectivity index (χ4n) is 2.78. The fourth-order valence-corrected chi connectivity index (χ4v) is 2.78. The normalized spacial score (nSPS) is 23.9. The first-order chi connectivity index (χ1) is 8.33. The van der Waals surface area contributed by atoms with Crippen molar-refractivity contribution < 1.29 is 4.74 Å². The molecule has 0 bridgehead atoms. The first kappa shape index (κ1) is 11.1. The zero-order valence-corrected chi connectivity index (χ0v) is 10.3. The van der Waals surface area contributed by atoms with Crippen molar-refractivity contribution in [3.8, 4) is 5.75 Å². The second-order valence-electron chi connectivity index (χ2n) is 5.47. The van der Waals surface area contributed by atoms with Crippen molar-refractivity contribution in [2.24, 2.45) is 11.7 Å². The van der Waals surface area contributed by atoms with Gasteiger partial charge in [-0.25, -0.2) is 0 Å². The Morgan fingerprint density at radius 1 is 1.18 bits per heavy atom. The highest BCUT2D eigenvalue weighted by atomic mass is 16.5. The van der Waals surface area contributed by atoms with Crippen LogP contribution in [0.25, 0.3) is 0 Å². The van der Waals surface area contributed by atoms with Gasteiger partial charge < -0.3 is 10.5 Å². The molecule has 2 heteroatoms. The molecular weight excluding hydrogens is 210 g/mol. The molecule has 1 fully saturated rings. The predicted molar refractivity (Wildman–Crippen MR) is 69.1 cm³/mol. The molecule has 0 heterocycles. The molecule has 0 spiro atoms. The molecule has 2 aliphatic carbocycles. The minimum Gasteiger partial charge on any atom is -0.493 e. The van der Waals surface area contributed by atoms with Crippen molar-refractivity contribution in [3.05, 3.63) is 29.3 Å². The summed E-state index contributed by atoms with van der Waals surface area (Å²) in [7, 11) is 0. The number of hydrogen-bond acceptors (Lipinski definition) is 2. The molecule has 0 aliphatic heterocycles. The number of benzene rings is 1. The van der Waals surface area contributed by atoms with E-state index in [1.807, 2.05) is 0 Å². The van der Waals surface area contributed by atoms with E-state index in [0.29, 0.717) is 0 Å². The lowest BCUT2D eigenvalue weighted by atomic mass is 9.86. The molecule has 0 saturated heterocycles. The Morgan fingerprint density at radius 3 is 2.82 bits per heavy atom. The van der Waals surface area contributed by atoms with Crippen LogP contribution in [0.15, 0.2) is 18.2 Å². The molecule has 0 amide bonds. The molecule has 1 atom stereocenters. The van der Waals surface area contributed by atoms with E-state index < -0.39 is 0 Å². The van der Waals surface area contributed by atoms with Gasteiger partial charge in [0, 0.05) is 6.04 Å². The summed E-state index contributed by atoms with van der Waals surface area (Å²) in [5.74, 6) is 1.80. The Labute approximate surface area is 103 Å². The maximum Gasteiger partial charge on any atom is 0.119 e. The highest BCUT2D eigenvalue weighted by Crippen LogP contribution is 2.32. The quantitative estimate of drug-likeness (QED) is 0.867. The molecule has 1 aromatic carbocycles. The van der Waals surface area contributed by atoms with Crippen LogP contribution in [0, 0.1) is 5.92 Å². The molecule has 1 saturated carbocycles. The minimum absolute atomic E-state index is 0.214. The van der Waals surface area contributed by atoms with E-state index in [4.69, 9.17) is 10.5 Å². The van der Waals surface area contributed by atoms with Crippen LogP contribution >= 0.6 is 0 Å². The average Bonchev–Trinajstić information content (AvgIpc) is 2.28. The lowest BCUT2D eigenvalue weighted by Gasteiger charge is -2.26. The second kappa shape index (κ2) is 4.69. The van der Waals surface area contributed by atoms with Crippen LogP contribution in [-0.2, 0) is 6.42 Å². The van der Waals surface area contributed by atoms with Gasteiger partial charge in [-0.1, -0.05) is 12.5 Å². The predicted octanol–water partition coefficient (Wildman–Crippen LogP) is 3.20. The van der Waals surface area contributed by atoms with Gasteiger partial charge in [-0.05, 0) is 61.3 Å². The molecule has 1 aromatic rings. The van der Waals surface area contributed by atoms with E-state index in [1.165, 1.54) is 43.2 Å². The topological polar surface area (TPSA) is 35.2 Å². The number of fused-ring (bicyclic) bond motifs is 1. The third kappa shape index (κ3) is 2.32. The zero-order valence-electron chi connectivity index (χ0n) is 10.3. The Kier molecular flexibility index (Phi) is 3.06. The van der Waals surface area contributed by atoms with Gasteiger partial charge in [-0.3, -0.25) is 0 Å². The lowest BCUT2D eigenvalue weighted by Crippen LogP contribution is -2.20. The highest BCUT2D eigenvalue weighted by Gasteiger charge is 2.19. The van der Waals surface area contributed by atoms with Crippen LogP contribution < -0.4 is 10.5 Å². The van der Waals surface area contributed by atoms with Gasteiger partial charge in [0.25, 0.3) is 0 Å². The first-order valence-electron chi connectivity index (χ1n) is 6.84. The molecule has 0 aromatic heterocycles. The number of nitrogens with two attached hydrogens (primary N) is 1. The summed E-state index contributed by atoms with van der Waals surface area (Å²) in [6.07, 6.45) is 7.56. The first-order valence-corrected chi connectivity index (χ1v) is 6.84. The van der Waals surface area contributed by atoms with Crippen LogP contribution in [-0.4, -0.2) is 6.61 Å². The van der Waals surface area contributed by atoms with Crippen LogP contribution in [0.1, 0.15) is 49.3 Å². The summed E-state index contributed by atoms with van der Waals surface area (Å²) in [5, 5.41) is 0. The van der Waals surface area contributed by atoms with Crippen LogP contribution in [0.5, 0.6) is 5.75 Å². The van der Waals surface area contributed by atoms with Gasteiger partial charge in [-0.15, -0.1) is 0 Å². The van der Waals surface area contributed by atoms with Gasteiger partial charge in [0.2, 0.25) is 0 Å². The summed E-state index contributed by atoms with van der Waals surface area (Å²) < 4.78 is 5.87. The molecule has 17 heavy (non-hydrogen) atoms. The van der Waals surface area contributed by atoms with E-state index >= 15 is 0 Å². The fraction of sp³-hybridized carbons (Fsp3) is 0.600. The van der Waals surface area contributed by atoms with Crippen molar-refractivity contribution in [2.75, 3.05) is 6.61 Å². The van der Waals surface area contributed by atoms with Crippen molar-refractivity contribution >= 4 is 0 Å². The molecule has 1 unspecified atom stereocenters. The van der Waals surface area contributed by atoms with E-state index in [1.54, 1.807) is 0 Å². The molecule has 92 valence electrons. The van der Waals surface area contributed by atoms with Gasteiger partial charge >= 0.3 is 0 Å². The number of hydrogen-bond donors (Lipinski definition) is 1. The molecule has 0 radical (unpaired) electrons. The van der Waals surface area contributed by atoms with E-state index in [-0.39, 0.29) is 6.04 Å². The molecular formula is C15H21NO. The Balaban J connectivity index is 1.70. The van der Waals surface area contributed by atoms with Gasteiger partial charge in [0.1, 0.15) is 5.75 Å². The van der Waals surface area contributed by atoms with Crippen LogP contribution in [0.2, 0.25) is 0 Å². The van der Waals surface area contributed by atoms with Crippen LogP contribution in [0.3, 0.4) is 0 Å². The van der Waals surface area contributed by atoms with E-state index in [0.717, 1.165) is 24.7 Å². The van der Waals surface area contributed by atoms with Crippen molar-refractivity contribution in [1.82, 2.24) is 0 Å². The van der Waals surface area contributed by atoms with E-state index in [2.05, 4.69) is 18.2 Å². The minimum atomic E-state index is 0.214. The summed E-state index contributed by atoms with van der Waals surface area (Å²) in [6, 6.07) is 6.68. The summed E-state index contributed by atoms with van der Waals surface area (Å²) in [5.41, 5.74) is 8.88. The summed E-state index contributed by atoms with van der Waals surface area (Å²) >= 11 is 0. The average molecular weight is 231 g/mol. The zero-order chi connectivity index (χ0) is 11.7. The van der Waals surface area contributed by atoms with Crippen molar-refractivity contribution in [2.45, 2.75) is 44.6 Å². The molecule has 3 rings (SSSR count). The van der Waals surface area contributed by atoms with Crippen molar-refractivity contribution in [1.29, 1.82) is 0 Å². The van der Waals surface area contributed by atoms with Gasteiger partial charge in [0.05, 0.1) is 6.61 Å². The summed E-state index contributed by atoms with van der Waals surface area (Å²) in [4.78, 5) is 0. The monoisotopic (exact) mass is 231 g/mol. The highest BCUT2D eigenvalue weighted by molar-refractivity contribution is 5.39. The summed E-state index contributed by atoms with van der Waals surface area (Å²) in [6.45, 7) is 0.883. The second-order valence-corrected chi connectivity index (χ2v) is 5.47. The Bertz CT molecular complexity index is 398. The maximum absolute atomic E-state index is 6.15. The molecule has 2 aliphatic rings.